The predicted octanol–water partition coefficient (Wildman–Crippen LogP) is 2.03. The van der Waals surface area contributed by atoms with E-state index in [4.69, 9.17) is 0 Å². The van der Waals surface area contributed by atoms with E-state index in [-0.39, 0.29) is 0 Å². The van der Waals surface area contributed by atoms with Crippen LogP contribution in [0.15, 0.2) is 6.20 Å². The Balaban J connectivity index is 2.05. The van der Waals surface area contributed by atoms with Gasteiger partial charge in [-0.3, -0.25) is 4.68 Å². The molecule has 1 atom stereocenters. The lowest BCUT2D eigenvalue weighted by Crippen LogP contribution is -2.43. The van der Waals surface area contributed by atoms with Crippen LogP contribution in [0.3, 0.4) is 0 Å². The van der Waals surface area contributed by atoms with Crippen LogP contribution in [0.2, 0.25) is 0 Å². The summed E-state index contributed by atoms with van der Waals surface area (Å²) in [6.45, 7) is 6.80. The van der Waals surface area contributed by atoms with Crippen LogP contribution >= 0.6 is 0 Å². The van der Waals surface area contributed by atoms with Crippen LogP contribution in [0.25, 0.3) is 0 Å². The number of hydrogen-bond donors (Lipinski definition) is 1. The molecule has 3 rings (SSSR count). The lowest BCUT2D eigenvalue weighted by atomic mass is 9.78. The topological polar surface area (TPSA) is 29.9 Å². The molecule has 1 spiro atoms. The highest BCUT2D eigenvalue weighted by Gasteiger charge is 2.43. The third-order valence-corrected chi connectivity index (χ3v) is 4.21. The van der Waals surface area contributed by atoms with Gasteiger partial charge >= 0.3 is 0 Å². The van der Waals surface area contributed by atoms with Crippen molar-refractivity contribution in [3.05, 3.63) is 17.5 Å². The Hall–Kier alpha value is -0.830. The normalized spacial score (nSPS) is 28.9. The van der Waals surface area contributed by atoms with Crippen LogP contribution in [0.4, 0.5) is 0 Å². The van der Waals surface area contributed by atoms with E-state index in [1.165, 1.54) is 43.5 Å². The van der Waals surface area contributed by atoms with Gasteiger partial charge in [-0.15, -0.1) is 0 Å². The SMILES string of the molecule is CC(C)n1ncc2c1[C@@]1(CCCNC1)CC2. The lowest BCUT2D eigenvalue weighted by Gasteiger charge is -2.35. The van der Waals surface area contributed by atoms with Crippen molar-refractivity contribution in [2.75, 3.05) is 13.1 Å². The summed E-state index contributed by atoms with van der Waals surface area (Å²) in [6, 6.07) is 0.487. The molecule has 1 fully saturated rings. The van der Waals surface area contributed by atoms with Crippen molar-refractivity contribution in [3.63, 3.8) is 0 Å². The van der Waals surface area contributed by atoms with E-state index < -0.39 is 0 Å². The molecule has 3 heteroatoms. The van der Waals surface area contributed by atoms with Crippen LogP contribution in [-0.4, -0.2) is 22.9 Å². The first-order valence-corrected chi connectivity index (χ1v) is 6.50. The highest BCUT2D eigenvalue weighted by molar-refractivity contribution is 5.34. The summed E-state index contributed by atoms with van der Waals surface area (Å²) >= 11 is 0. The molecule has 2 aliphatic rings. The first kappa shape index (κ1) is 10.3. The fraction of sp³-hybridized carbons (Fsp3) is 0.769. The molecule has 1 aromatic heterocycles. The molecule has 3 nitrogen and oxygen atoms in total. The summed E-state index contributed by atoms with van der Waals surface area (Å²) in [4.78, 5) is 0. The minimum absolute atomic E-state index is 0.397. The molecule has 1 aromatic rings. The van der Waals surface area contributed by atoms with E-state index in [0.29, 0.717) is 11.5 Å². The predicted molar refractivity (Wildman–Crippen MR) is 64.7 cm³/mol. The Bertz CT molecular complexity index is 386. The van der Waals surface area contributed by atoms with Crippen molar-refractivity contribution in [2.24, 2.45) is 0 Å². The zero-order valence-electron chi connectivity index (χ0n) is 10.3. The lowest BCUT2D eigenvalue weighted by molar-refractivity contribution is 0.286. The second-order valence-corrected chi connectivity index (χ2v) is 5.62. The van der Waals surface area contributed by atoms with Crippen molar-refractivity contribution < 1.29 is 0 Å². The second-order valence-electron chi connectivity index (χ2n) is 5.62. The van der Waals surface area contributed by atoms with Crippen LogP contribution in [0, 0.1) is 0 Å². The van der Waals surface area contributed by atoms with Gasteiger partial charge in [0, 0.05) is 23.7 Å². The molecule has 1 aliphatic carbocycles. The standard InChI is InChI=1S/C13H21N3/c1-10(2)16-12-11(8-15-16)4-6-13(12)5-3-7-14-9-13/h8,10,14H,3-7,9H2,1-2H3/t13-/m0/s1. The first-order valence-electron chi connectivity index (χ1n) is 6.50. The van der Waals surface area contributed by atoms with Gasteiger partial charge in [0.05, 0.1) is 6.20 Å². The number of nitrogens with zero attached hydrogens (tertiary/aromatic N) is 2. The van der Waals surface area contributed by atoms with Gasteiger partial charge in [0.25, 0.3) is 0 Å². The monoisotopic (exact) mass is 219 g/mol. The summed E-state index contributed by atoms with van der Waals surface area (Å²) in [5, 5.41) is 8.15. The maximum Gasteiger partial charge on any atom is 0.0525 e. The van der Waals surface area contributed by atoms with E-state index in [2.05, 4.69) is 35.1 Å². The van der Waals surface area contributed by atoms with E-state index in [1.54, 1.807) is 0 Å². The molecule has 0 aromatic carbocycles. The highest BCUT2D eigenvalue weighted by atomic mass is 15.3. The maximum absolute atomic E-state index is 4.58. The van der Waals surface area contributed by atoms with E-state index in [9.17, 15) is 0 Å². The van der Waals surface area contributed by atoms with Crippen molar-refractivity contribution in [2.45, 2.75) is 51.0 Å². The summed E-state index contributed by atoms with van der Waals surface area (Å²) in [7, 11) is 0. The van der Waals surface area contributed by atoms with Crippen molar-refractivity contribution in [1.29, 1.82) is 0 Å². The van der Waals surface area contributed by atoms with Gasteiger partial charge in [-0.2, -0.15) is 5.10 Å². The van der Waals surface area contributed by atoms with Gasteiger partial charge in [-0.05, 0) is 51.6 Å². The minimum Gasteiger partial charge on any atom is -0.316 e. The maximum atomic E-state index is 4.58. The van der Waals surface area contributed by atoms with Crippen LogP contribution in [0.1, 0.15) is 50.4 Å². The quantitative estimate of drug-likeness (QED) is 0.783. The van der Waals surface area contributed by atoms with Gasteiger partial charge in [0.15, 0.2) is 0 Å². The van der Waals surface area contributed by atoms with Gasteiger partial charge < -0.3 is 5.32 Å². The summed E-state index contributed by atoms with van der Waals surface area (Å²) in [5.41, 5.74) is 3.43. The first-order chi connectivity index (χ1) is 7.73. The number of aryl methyl sites for hydroxylation is 1. The van der Waals surface area contributed by atoms with Crippen molar-refractivity contribution in [1.82, 2.24) is 15.1 Å². The molecular formula is C13H21N3. The molecule has 0 radical (unpaired) electrons. The average Bonchev–Trinajstić information content (AvgIpc) is 2.83. The van der Waals surface area contributed by atoms with Gasteiger partial charge in [-0.1, -0.05) is 0 Å². The van der Waals surface area contributed by atoms with Gasteiger partial charge in [0.1, 0.15) is 0 Å². The third kappa shape index (κ3) is 1.34. The zero-order chi connectivity index (χ0) is 11.2. The third-order valence-electron chi connectivity index (χ3n) is 4.21. The van der Waals surface area contributed by atoms with Crippen LogP contribution in [0.5, 0.6) is 0 Å². The summed E-state index contributed by atoms with van der Waals surface area (Å²) < 4.78 is 2.26. The molecule has 0 unspecified atom stereocenters. The Morgan fingerprint density at radius 1 is 1.44 bits per heavy atom. The second kappa shape index (κ2) is 3.59. The number of rotatable bonds is 1. The Morgan fingerprint density at radius 3 is 3.00 bits per heavy atom. The Labute approximate surface area is 97.2 Å². The Kier molecular flexibility index (Phi) is 2.32. The van der Waals surface area contributed by atoms with Gasteiger partial charge in [-0.25, -0.2) is 0 Å². The van der Waals surface area contributed by atoms with Crippen molar-refractivity contribution in [3.8, 4) is 0 Å². The fourth-order valence-electron chi connectivity index (χ4n) is 3.43. The van der Waals surface area contributed by atoms with E-state index in [0.717, 1.165) is 6.54 Å². The number of nitrogens with one attached hydrogen (secondary N) is 1. The van der Waals surface area contributed by atoms with E-state index >= 15 is 0 Å². The molecule has 0 bridgehead atoms. The zero-order valence-corrected chi connectivity index (χ0v) is 10.3. The number of piperidine rings is 1. The molecule has 0 amide bonds. The van der Waals surface area contributed by atoms with Gasteiger partial charge in [0.2, 0.25) is 0 Å². The summed E-state index contributed by atoms with van der Waals surface area (Å²) in [6.07, 6.45) is 7.29. The van der Waals surface area contributed by atoms with Crippen molar-refractivity contribution >= 4 is 0 Å². The Morgan fingerprint density at radius 2 is 2.31 bits per heavy atom. The minimum atomic E-state index is 0.397. The number of hydrogen-bond acceptors (Lipinski definition) is 2. The molecule has 1 N–H and O–H groups in total. The summed E-state index contributed by atoms with van der Waals surface area (Å²) in [5.74, 6) is 0. The number of fused-ring (bicyclic) bond motifs is 2. The smallest absolute Gasteiger partial charge is 0.0525 e. The van der Waals surface area contributed by atoms with E-state index in [1.807, 2.05) is 0 Å². The highest BCUT2D eigenvalue weighted by Crippen LogP contribution is 2.43. The molecule has 88 valence electrons. The molecule has 0 saturated carbocycles. The van der Waals surface area contributed by atoms with Crippen LogP contribution < -0.4 is 5.32 Å². The molecule has 1 aliphatic heterocycles. The molecule has 2 heterocycles. The average molecular weight is 219 g/mol. The molecule has 1 saturated heterocycles. The van der Waals surface area contributed by atoms with Crippen LogP contribution in [-0.2, 0) is 11.8 Å². The fourth-order valence-corrected chi connectivity index (χ4v) is 3.43. The number of aromatic nitrogens is 2. The molecule has 16 heavy (non-hydrogen) atoms. The molecular weight excluding hydrogens is 198 g/mol. The largest absolute Gasteiger partial charge is 0.316 e.